The van der Waals surface area contributed by atoms with E-state index >= 15 is 0 Å². The van der Waals surface area contributed by atoms with Crippen LogP contribution in [0.5, 0.6) is 5.75 Å². The fourth-order valence-electron chi connectivity index (χ4n) is 3.77. The molecule has 0 aromatic heterocycles. The molecule has 1 saturated heterocycles. The van der Waals surface area contributed by atoms with E-state index in [1.165, 1.54) is 11.0 Å². The highest BCUT2D eigenvalue weighted by Crippen LogP contribution is 2.27. The molecule has 0 bridgehead atoms. The van der Waals surface area contributed by atoms with Crippen molar-refractivity contribution in [2.24, 2.45) is 0 Å². The van der Waals surface area contributed by atoms with Crippen LogP contribution in [0.1, 0.15) is 36.8 Å². The van der Waals surface area contributed by atoms with Crippen molar-refractivity contribution in [2.75, 3.05) is 0 Å². The van der Waals surface area contributed by atoms with Gasteiger partial charge in [-0.25, -0.2) is 4.79 Å². The number of amides is 4. The summed E-state index contributed by atoms with van der Waals surface area (Å²) in [5.41, 5.74) is 1.51. The lowest BCUT2D eigenvalue weighted by molar-refractivity contribution is -0.131. The normalized spacial score (nSPS) is 18.8. The van der Waals surface area contributed by atoms with Gasteiger partial charge >= 0.3 is 6.03 Å². The third-order valence-electron chi connectivity index (χ3n) is 5.37. The summed E-state index contributed by atoms with van der Waals surface area (Å²) in [6.45, 7) is 0.333. The molecule has 1 saturated carbocycles. The van der Waals surface area contributed by atoms with Gasteiger partial charge in [0.05, 0.1) is 0 Å². The number of nitrogens with zero attached hydrogens (tertiary/aromatic N) is 1. The topological polar surface area (TPSA) is 75.7 Å². The van der Waals surface area contributed by atoms with Gasteiger partial charge in [-0.05, 0) is 42.7 Å². The highest BCUT2D eigenvalue weighted by atomic mass is 35.5. The van der Waals surface area contributed by atoms with Crippen molar-refractivity contribution in [3.63, 3.8) is 0 Å². The molecule has 1 N–H and O–H groups in total. The summed E-state index contributed by atoms with van der Waals surface area (Å²) < 4.78 is 5.75. The van der Waals surface area contributed by atoms with Crippen molar-refractivity contribution < 1.29 is 19.1 Å². The number of carbonyl (C=O) groups excluding carboxylic acids is 3. The maximum atomic E-state index is 12.8. The van der Waals surface area contributed by atoms with Crippen molar-refractivity contribution >= 4 is 35.5 Å². The Kier molecular flexibility index (Phi) is 5.86. The van der Waals surface area contributed by atoms with Gasteiger partial charge in [0.1, 0.15) is 17.9 Å². The third-order valence-corrected chi connectivity index (χ3v) is 5.73. The zero-order valence-corrected chi connectivity index (χ0v) is 17.0. The van der Waals surface area contributed by atoms with E-state index in [4.69, 9.17) is 16.3 Å². The lowest BCUT2D eigenvalue weighted by Gasteiger charge is -2.31. The maximum absolute atomic E-state index is 12.8. The number of urea groups is 1. The van der Waals surface area contributed by atoms with Gasteiger partial charge in [0.2, 0.25) is 0 Å². The minimum Gasteiger partial charge on any atom is -0.489 e. The summed E-state index contributed by atoms with van der Waals surface area (Å²) in [5, 5.41) is 2.92. The van der Waals surface area contributed by atoms with Gasteiger partial charge in [0.25, 0.3) is 11.8 Å². The van der Waals surface area contributed by atoms with E-state index in [-0.39, 0.29) is 11.6 Å². The molecule has 4 amide bonds. The van der Waals surface area contributed by atoms with Crippen LogP contribution >= 0.6 is 11.6 Å². The van der Waals surface area contributed by atoms with Crippen molar-refractivity contribution in [1.29, 1.82) is 0 Å². The molecule has 2 aliphatic rings. The highest BCUT2D eigenvalue weighted by molar-refractivity contribution is 6.31. The Morgan fingerprint density at radius 2 is 1.73 bits per heavy atom. The fourth-order valence-corrected chi connectivity index (χ4v) is 3.96. The van der Waals surface area contributed by atoms with Crippen LogP contribution in [-0.4, -0.2) is 28.8 Å². The van der Waals surface area contributed by atoms with Crippen molar-refractivity contribution in [1.82, 2.24) is 10.2 Å². The van der Waals surface area contributed by atoms with E-state index in [2.05, 4.69) is 5.32 Å². The average molecular weight is 425 g/mol. The number of ether oxygens (including phenoxy) is 1. The van der Waals surface area contributed by atoms with E-state index < -0.39 is 17.8 Å². The summed E-state index contributed by atoms with van der Waals surface area (Å²) in [6, 6.07) is 13.7. The molecule has 2 aromatic rings. The molecule has 1 heterocycles. The minimum absolute atomic E-state index is 0.0359. The van der Waals surface area contributed by atoms with Crippen LogP contribution < -0.4 is 10.1 Å². The molecule has 7 heteroatoms. The standard InChI is InChI=1S/C23H21ClN2O4/c24-20-8-4-1-5-16(20)14-30-18-11-9-15(10-12-18)13-19-21(27)25-23(29)26(22(19)28)17-6-2-3-7-17/h1,4-5,8-13,17H,2-3,6-7,14H2,(H,25,27,29)/b19-13+. The first-order valence-corrected chi connectivity index (χ1v) is 10.3. The van der Waals surface area contributed by atoms with Crippen LogP contribution in [0.25, 0.3) is 6.08 Å². The van der Waals surface area contributed by atoms with Gasteiger partial charge in [-0.2, -0.15) is 0 Å². The van der Waals surface area contributed by atoms with Gasteiger partial charge in [-0.15, -0.1) is 0 Å². The Bertz CT molecular complexity index is 1010. The second-order valence-corrected chi connectivity index (χ2v) is 7.79. The number of nitrogens with one attached hydrogen (secondary N) is 1. The van der Waals surface area contributed by atoms with Crippen molar-refractivity contribution in [2.45, 2.75) is 38.3 Å². The first-order chi connectivity index (χ1) is 14.5. The number of hydrogen-bond acceptors (Lipinski definition) is 4. The fraction of sp³-hybridized carbons (Fsp3) is 0.261. The molecule has 0 unspecified atom stereocenters. The van der Waals surface area contributed by atoms with Crippen LogP contribution in [0.3, 0.4) is 0 Å². The monoisotopic (exact) mass is 424 g/mol. The molecule has 1 aliphatic heterocycles. The lowest BCUT2D eigenvalue weighted by atomic mass is 10.1. The molecule has 30 heavy (non-hydrogen) atoms. The van der Waals surface area contributed by atoms with Crippen molar-refractivity contribution in [3.8, 4) is 5.75 Å². The number of halogens is 1. The van der Waals surface area contributed by atoms with E-state index in [0.29, 0.717) is 22.9 Å². The first kappa shape index (κ1) is 20.2. The number of rotatable bonds is 5. The molecule has 4 rings (SSSR count). The SMILES string of the molecule is O=C1NC(=O)N(C2CCCC2)C(=O)/C1=C/c1ccc(OCc2ccccc2Cl)cc1. The summed E-state index contributed by atoms with van der Waals surface area (Å²) in [6.07, 6.45) is 5.01. The molecule has 0 atom stereocenters. The maximum Gasteiger partial charge on any atom is 0.331 e. The van der Waals surface area contributed by atoms with E-state index in [1.54, 1.807) is 30.3 Å². The second kappa shape index (κ2) is 8.71. The number of barbiturate groups is 1. The summed E-state index contributed by atoms with van der Waals surface area (Å²) in [4.78, 5) is 38.5. The summed E-state index contributed by atoms with van der Waals surface area (Å²) >= 11 is 6.14. The molecule has 0 radical (unpaired) electrons. The molecular weight excluding hydrogens is 404 g/mol. The lowest BCUT2D eigenvalue weighted by Crippen LogP contribution is -2.57. The molecule has 154 valence electrons. The van der Waals surface area contributed by atoms with Gasteiger partial charge in [0, 0.05) is 16.6 Å². The van der Waals surface area contributed by atoms with Crippen LogP contribution in [0.15, 0.2) is 54.1 Å². The molecule has 6 nitrogen and oxygen atoms in total. The predicted molar refractivity (Wildman–Crippen MR) is 113 cm³/mol. The van der Waals surface area contributed by atoms with Crippen LogP contribution in [0.2, 0.25) is 5.02 Å². The summed E-state index contributed by atoms with van der Waals surface area (Å²) in [7, 11) is 0. The highest BCUT2D eigenvalue weighted by Gasteiger charge is 2.40. The second-order valence-electron chi connectivity index (χ2n) is 7.38. The molecular formula is C23H21ClN2O4. The van der Waals surface area contributed by atoms with Gasteiger partial charge in [0.15, 0.2) is 0 Å². The number of carbonyl (C=O) groups is 3. The van der Waals surface area contributed by atoms with Gasteiger partial charge in [-0.3, -0.25) is 19.8 Å². The van der Waals surface area contributed by atoms with Gasteiger partial charge in [-0.1, -0.05) is 54.8 Å². The summed E-state index contributed by atoms with van der Waals surface area (Å²) in [5.74, 6) is -0.563. The first-order valence-electron chi connectivity index (χ1n) is 9.90. The zero-order chi connectivity index (χ0) is 21.1. The Labute approximate surface area is 179 Å². The van der Waals surface area contributed by atoms with Crippen molar-refractivity contribution in [3.05, 3.63) is 70.3 Å². The number of imide groups is 2. The quantitative estimate of drug-likeness (QED) is 0.572. The third kappa shape index (κ3) is 4.24. The largest absolute Gasteiger partial charge is 0.489 e. The average Bonchev–Trinajstić information content (AvgIpc) is 3.25. The molecule has 1 aliphatic carbocycles. The van der Waals surface area contributed by atoms with E-state index in [1.807, 2.05) is 18.2 Å². The molecule has 2 fully saturated rings. The van der Waals surface area contributed by atoms with Crippen LogP contribution in [0, 0.1) is 0 Å². The Hall–Kier alpha value is -3.12. The molecule has 0 spiro atoms. The number of benzene rings is 2. The Balaban J connectivity index is 1.48. The number of hydrogen-bond donors (Lipinski definition) is 1. The van der Waals surface area contributed by atoms with E-state index in [9.17, 15) is 14.4 Å². The zero-order valence-electron chi connectivity index (χ0n) is 16.3. The van der Waals surface area contributed by atoms with Gasteiger partial charge < -0.3 is 4.74 Å². The smallest absolute Gasteiger partial charge is 0.331 e. The Morgan fingerprint density at radius 1 is 1.03 bits per heavy atom. The van der Waals surface area contributed by atoms with E-state index in [0.717, 1.165) is 31.2 Å². The predicted octanol–water partition coefficient (Wildman–Crippen LogP) is 4.32. The van der Waals surface area contributed by atoms with Crippen LogP contribution in [0.4, 0.5) is 4.79 Å². The minimum atomic E-state index is -0.668. The van der Waals surface area contributed by atoms with Crippen LogP contribution in [-0.2, 0) is 16.2 Å². The Morgan fingerprint density at radius 3 is 2.43 bits per heavy atom. The molecule has 2 aromatic carbocycles.